The van der Waals surface area contributed by atoms with Crippen molar-refractivity contribution < 1.29 is 27.4 Å². The van der Waals surface area contributed by atoms with Crippen LogP contribution in [0.2, 0.25) is 0 Å². The summed E-state index contributed by atoms with van der Waals surface area (Å²) in [6.07, 6.45) is -2.74. The van der Waals surface area contributed by atoms with E-state index in [2.05, 4.69) is 5.32 Å². The molecular weight excluding hydrogens is 311 g/mol. The van der Waals surface area contributed by atoms with Crippen molar-refractivity contribution in [3.05, 3.63) is 23.8 Å². The number of alkyl halides is 3. The lowest BCUT2D eigenvalue weighted by Gasteiger charge is -2.33. The number of hydrogen-bond acceptors (Lipinski definition) is 3. The van der Waals surface area contributed by atoms with Crippen LogP contribution in [0.5, 0.6) is 11.5 Å². The van der Waals surface area contributed by atoms with E-state index in [0.717, 1.165) is 0 Å². The SMILES string of the molecule is COc1ccc(OC)c(C(=O)N[C@@H]2CCCC[C@@H]2C(F)(F)F)c1. The molecule has 0 bridgehead atoms. The number of ether oxygens (including phenoxy) is 2. The third-order valence-electron chi connectivity index (χ3n) is 4.15. The van der Waals surface area contributed by atoms with Crippen molar-refractivity contribution in [2.45, 2.75) is 37.9 Å². The molecule has 1 N–H and O–H groups in total. The fourth-order valence-electron chi connectivity index (χ4n) is 2.93. The van der Waals surface area contributed by atoms with Gasteiger partial charge in [-0.25, -0.2) is 0 Å². The summed E-state index contributed by atoms with van der Waals surface area (Å²) in [4.78, 5) is 12.4. The number of hydrogen-bond donors (Lipinski definition) is 1. The minimum Gasteiger partial charge on any atom is -0.497 e. The predicted molar refractivity (Wildman–Crippen MR) is 78.8 cm³/mol. The van der Waals surface area contributed by atoms with Crippen LogP contribution in [0.4, 0.5) is 13.2 Å². The number of carbonyl (C=O) groups excluding carboxylic acids is 1. The Labute approximate surface area is 133 Å². The molecule has 1 amide bonds. The van der Waals surface area contributed by atoms with Gasteiger partial charge >= 0.3 is 6.18 Å². The molecule has 2 rings (SSSR count). The first-order valence-corrected chi connectivity index (χ1v) is 7.46. The summed E-state index contributed by atoms with van der Waals surface area (Å²) in [6, 6.07) is 3.72. The minimum absolute atomic E-state index is 0.0453. The number of nitrogens with one attached hydrogen (secondary N) is 1. The maximum atomic E-state index is 13.1. The third kappa shape index (κ3) is 4.09. The van der Waals surface area contributed by atoms with E-state index in [9.17, 15) is 18.0 Å². The van der Waals surface area contributed by atoms with Crippen LogP contribution in [0.25, 0.3) is 0 Å². The number of rotatable bonds is 4. The molecule has 1 aliphatic carbocycles. The average Bonchev–Trinajstić information content (AvgIpc) is 2.53. The number of carbonyl (C=O) groups is 1. The van der Waals surface area contributed by atoms with Crippen LogP contribution in [0.15, 0.2) is 18.2 Å². The summed E-state index contributed by atoms with van der Waals surface area (Å²) < 4.78 is 49.5. The zero-order chi connectivity index (χ0) is 17.0. The summed E-state index contributed by atoms with van der Waals surface area (Å²) in [5.74, 6) is -1.35. The smallest absolute Gasteiger partial charge is 0.393 e. The predicted octanol–water partition coefficient (Wildman–Crippen LogP) is 3.55. The lowest BCUT2D eigenvalue weighted by molar-refractivity contribution is -0.187. The standard InChI is InChI=1S/C16H20F3NO3/c1-22-10-7-8-14(23-2)11(9-10)15(21)20-13-6-4-3-5-12(13)16(17,18)19/h7-9,12-13H,3-6H2,1-2H3,(H,20,21)/t12-,13+/m0/s1. The van der Waals surface area contributed by atoms with Gasteiger partial charge < -0.3 is 14.8 Å². The molecule has 0 unspecified atom stereocenters. The fraction of sp³-hybridized carbons (Fsp3) is 0.562. The van der Waals surface area contributed by atoms with Gasteiger partial charge in [0.2, 0.25) is 0 Å². The van der Waals surface area contributed by atoms with E-state index >= 15 is 0 Å². The molecule has 0 saturated heterocycles. The molecule has 4 nitrogen and oxygen atoms in total. The molecule has 2 atom stereocenters. The van der Waals surface area contributed by atoms with Gasteiger partial charge in [-0.2, -0.15) is 13.2 Å². The van der Waals surface area contributed by atoms with Crippen LogP contribution in [-0.4, -0.2) is 32.3 Å². The second-order valence-corrected chi connectivity index (χ2v) is 5.58. The highest BCUT2D eigenvalue weighted by Crippen LogP contribution is 2.38. The maximum Gasteiger partial charge on any atom is 0.393 e. The van der Waals surface area contributed by atoms with Gasteiger partial charge in [0.05, 0.1) is 25.7 Å². The molecule has 0 heterocycles. The van der Waals surface area contributed by atoms with Gasteiger partial charge in [-0.3, -0.25) is 4.79 Å². The minimum atomic E-state index is -4.31. The molecule has 0 aromatic heterocycles. The zero-order valence-electron chi connectivity index (χ0n) is 13.1. The first-order valence-electron chi connectivity index (χ1n) is 7.46. The summed E-state index contributed by atoms with van der Waals surface area (Å²) >= 11 is 0. The van der Waals surface area contributed by atoms with Crippen LogP contribution in [0, 0.1) is 5.92 Å². The fourth-order valence-corrected chi connectivity index (χ4v) is 2.93. The monoisotopic (exact) mass is 331 g/mol. The first kappa shape index (κ1) is 17.4. The highest BCUT2D eigenvalue weighted by Gasteiger charge is 2.46. The van der Waals surface area contributed by atoms with Crippen LogP contribution < -0.4 is 14.8 Å². The second kappa shape index (κ2) is 7.10. The Balaban J connectivity index is 2.20. The van der Waals surface area contributed by atoms with Gasteiger partial charge in [-0.15, -0.1) is 0 Å². The zero-order valence-corrected chi connectivity index (χ0v) is 13.1. The average molecular weight is 331 g/mol. The summed E-state index contributed by atoms with van der Waals surface area (Å²) in [5.41, 5.74) is 0.165. The molecule has 1 aliphatic rings. The van der Waals surface area contributed by atoms with Crippen LogP contribution in [0.1, 0.15) is 36.0 Å². The van der Waals surface area contributed by atoms with Crippen molar-refractivity contribution >= 4 is 5.91 Å². The third-order valence-corrected chi connectivity index (χ3v) is 4.15. The van der Waals surface area contributed by atoms with Gasteiger partial charge in [0, 0.05) is 6.04 Å². The van der Waals surface area contributed by atoms with Gasteiger partial charge in [0.25, 0.3) is 5.91 Å². The number of halogens is 3. The Morgan fingerprint density at radius 1 is 1.17 bits per heavy atom. The van der Waals surface area contributed by atoms with E-state index in [1.54, 1.807) is 12.1 Å². The Kier molecular flexibility index (Phi) is 5.38. The van der Waals surface area contributed by atoms with E-state index in [-0.39, 0.29) is 12.0 Å². The second-order valence-electron chi connectivity index (χ2n) is 5.58. The molecule has 0 spiro atoms. The van der Waals surface area contributed by atoms with Crippen molar-refractivity contribution in [2.24, 2.45) is 5.92 Å². The van der Waals surface area contributed by atoms with E-state index in [1.165, 1.54) is 20.3 Å². The van der Waals surface area contributed by atoms with Gasteiger partial charge in [-0.05, 0) is 31.0 Å². The van der Waals surface area contributed by atoms with Gasteiger partial charge in [-0.1, -0.05) is 12.8 Å². The molecule has 1 aromatic carbocycles. The van der Waals surface area contributed by atoms with Crippen LogP contribution >= 0.6 is 0 Å². The normalized spacial score (nSPS) is 21.6. The molecule has 7 heteroatoms. The Hall–Kier alpha value is -1.92. The molecule has 23 heavy (non-hydrogen) atoms. The van der Waals surface area contributed by atoms with Crippen LogP contribution in [-0.2, 0) is 0 Å². The highest BCUT2D eigenvalue weighted by atomic mass is 19.4. The molecular formula is C16H20F3NO3. The Morgan fingerprint density at radius 2 is 1.87 bits per heavy atom. The van der Waals surface area contributed by atoms with E-state index in [4.69, 9.17) is 9.47 Å². The Bertz CT molecular complexity index is 560. The quantitative estimate of drug-likeness (QED) is 0.918. The number of methoxy groups -OCH3 is 2. The van der Waals surface area contributed by atoms with Gasteiger partial charge in [0.15, 0.2) is 0 Å². The largest absolute Gasteiger partial charge is 0.497 e. The highest BCUT2D eigenvalue weighted by molar-refractivity contribution is 5.97. The lowest BCUT2D eigenvalue weighted by atomic mass is 9.84. The van der Waals surface area contributed by atoms with Gasteiger partial charge in [0.1, 0.15) is 11.5 Å². The molecule has 1 fully saturated rings. The molecule has 1 saturated carbocycles. The summed E-state index contributed by atoms with van der Waals surface area (Å²) in [7, 11) is 2.85. The topological polar surface area (TPSA) is 47.6 Å². The van der Waals surface area contributed by atoms with Crippen molar-refractivity contribution in [1.82, 2.24) is 5.32 Å². The molecule has 1 aromatic rings. The summed E-state index contributed by atoms with van der Waals surface area (Å²) in [6.45, 7) is 0. The lowest BCUT2D eigenvalue weighted by Crippen LogP contribution is -2.47. The van der Waals surface area contributed by atoms with Crippen molar-refractivity contribution in [2.75, 3.05) is 14.2 Å². The number of benzene rings is 1. The molecule has 0 aliphatic heterocycles. The maximum absolute atomic E-state index is 13.1. The van der Waals surface area contributed by atoms with Crippen molar-refractivity contribution in [3.63, 3.8) is 0 Å². The van der Waals surface area contributed by atoms with Crippen molar-refractivity contribution in [3.8, 4) is 11.5 Å². The molecule has 128 valence electrons. The first-order chi connectivity index (χ1) is 10.9. The van der Waals surface area contributed by atoms with E-state index < -0.39 is 24.0 Å². The van der Waals surface area contributed by atoms with Crippen LogP contribution in [0.3, 0.4) is 0 Å². The Morgan fingerprint density at radius 3 is 2.48 bits per heavy atom. The number of amides is 1. The van der Waals surface area contributed by atoms with Crippen molar-refractivity contribution in [1.29, 1.82) is 0 Å². The van der Waals surface area contributed by atoms with E-state index in [0.29, 0.717) is 30.8 Å². The molecule has 0 radical (unpaired) electrons. The van der Waals surface area contributed by atoms with E-state index in [1.807, 2.05) is 0 Å². The summed E-state index contributed by atoms with van der Waals surface area (Å²) in [5, 5.41) is 2.52.